The Morgan fingerprint density at radius 1 is 0.969 bits per heavy atom. The number of hydrogen-bond donors (Lipinski definition) is 0. The number of pyridine rings is 1. The van der Waals surface area contributed by atoms with Gasteiger partial charge in [-0.2, -0.15) is 0 Å². The van der Waals surface area contributed by atoms with E-state index in [1.807, 2.05) is 24.0 Å². The molecule has 32 heavy (non-hydrogen) atoms. The summed E-state index contributed by atoms with van der Waals surface area (Å²) in [6.07, 6.45) is 1.83. The predicted molar refractivity (Wildman–Crippen MR) is 125 cm³/mol. The van der Waals surface area contributed by atoms with E-state index >= 15 is 0 Å². The largest absolute Gasteiger partial charge is 0.337 e. The molecule has 0 saturated carbocycles. The van der Waals surface area contributed by atoms with Crippen molar-refractivity contribution in [3.05, 3.63) is 94.8 Å². The highest BCUT2D eigenvalue weighted by atomic mass is 32.2. The second-order valence-corrected chi connectivity index (χ2v) is 10.5. The van der Waals surface area contributed by atoms with Gasteiger partial charge in [-0.05, 0) is 61.9 Å². The van der Waals surface area contributed by atoms with Crippen molar-refractivity contribution in [3.63, 3.8) is 0 Å². The number of carbonyl (C=O) groups excluding carboxylic acids is 1. The molecule has 6 heteroatoms. The summed E-state index contributed by atoms with van der Waals surface area (Å²) >= 11 is 0. The van der Waals surface area contributed by atoms with Gasteiger partial charge in [-0.15, -0.1) is 0 Å². The summed E-state index contributed by atoms with van der Waals surface area (Å²) < 4.78 is 25.9. The molecule has 166 valence electrons. The molecule has 5 nitrogen and oxygen atoms in total. The molecular weight excluding hydrogens is 420 g/mol. The predicted octanol–water partition coefficient (Wildman–Crippen LogP) is 4.69. The van der Waals surface area contributed by atoms with Crippen LogP contribution in [0.1, 0.15) is 51.6 Å². The molecule has 1 amide bonds. The molecule has 2 aromatic carbocycles. The molecule has 1 saturated heterocycles. The molecule has 3 aromatic rings. The zero-order valence-electron chi connectivity index (χ0n) is 18.5. The first-order valence-electron chi connectivity index (χ1n) is 10.9. The van der Waals surface area contributed by atoms with Crippen LogP contribution in [-0.2, 0) is 15.6 Å². The highest BCUT2D eigenvalue weighted by Gasteiger charge is 2.26. The molecule has 0 N–H and O–H groups in total. The van der Waals surface area contributed by atoms with Gasteiger partial charge < -0.3 is 4.90 Å². The molecule has 0 aliphatic carbocycles. The number of likely N-dealkylation sites (tertiary alicyclic amines) is 1. The van der Waals surface area contributed by atoms with E-state index in [9.17, 15) is 13.2 Å². The minimum atomic E-state index is -3.55. The third-order valence-corrected chi connectivity index (χ3v) is 7.89. The Kier molecular flexibility index (Phi) is 6.42. The Balaban J connectivity index is 1.45. The normalized spacial score (nSPS) is 15.0. The number of aryl methyl sites for hydroxylation is 2. The number of amides is 1. The van der Waals surface area contributed by atoms with E-state index in [4.69, 9.17) is 0 Å². The van der Waals surface area contributed by atoms with Crippen LogP contribution in [0.4, 0.5) is 0 Å². The quantitative estimate of drug-likeness (QED) is 0.568. The van der Waals surface area contributed by atoms with E-state index in [1.54, 1.807) is 37.3 Å². The number of rotatable bonds is 5. The van der Waals surface area contributed by atoms with Crippen LogP contribution in [0.5, 0.6) is 0 Å². The Morgan fingerprint density at radius 3 is 2.38 bits per heavy atom. The van der Waals surface area contributed by atoms with Gasteiger partial charge in [0, 0.05) is 13.1 Å². The van der Waals surface area contributed by atoms with Crippen molar-refractivity contribution in [2.24, 2.45) is 0 Å². The lowest BCUT2D eigenvalue weighted by molar-refractivity contribution is 0.0706. The molecule has 0 bridgehead atoms. The van der Waals surface area contributed by atoms with E-state index in [0.717, 1.165) is 24.0 Å². The van der Waals surface area contributed by atoms with Crippen LogP contribution in [0, 0.1) is 13.8 Å². The van der Waals surface area contributed by atoms with Gasteiger partial charge in [0.05, 0.1) is 16.3 Å². The van der Waals surface area contributed by atoms with Crippen molar-refractivity contribution in [1.29, 1.82) is 0 Å². The molecule has 1 aliphatic rings. The maximum Gasteiger partial charge on any atom is 0.272 e. The van der Waals surface area contributed by atoms with Gasteiger partial charge in [0.2, 0.25) is 0 Å². The van der Waals surface area contributed by atoms with Crippen molar-refractivity contribution in [2.45, 2.75) is 43.3 Å². The van der Waals surface area contributed by atoms with Gasteiger partial charge in [0.25, 0.3) is 5.91 Å². The molecule has 1 aliphatic heterocycles. The van der Waals surface area contributed by atoms with Crippen LogP contribution in [0.15, 0.2) is 71.6 Å². The van der Waals surface area contributed by atoms with Crippen LogP contribution in [0.25, 0.3) is 0 Å². The van der Waals surface area contributed by atoms with Crippen LogP contribution in [0.2, 0.25) is 0 Å². The Labute approximate surface area is 190 Å². The maximum atomic E-state index is 13.0. The number of aromatic nitrogens is 1. The maximum absolute atomic E-state index is 13.0. The molecule has 0 spiro atoms. The average Bonchev–Trinajstić information content (AvgIpc) is 2.79. The van der Waals surface area contributed by atoms with Gasteiger partial charge in [-0.3, -0.25) is 4.79 Å². The summed E-state index contributed by atoms with van der Waals surface area (Å²) in [6, 6.07) is 20.7. The lowest BCUT2D eigenvalue weighted by Gasteiger charge is -2.32. The van der Waals surface area contributed by atoms with Crippen molar-refractivity contribution in [3.8, 4) is 0 Å². The van der Waals surface area contributed by atoms with Gasteiger partial charge >= 0.3 is 0 Å². The number of benzene rings is 2. The van der Waals surface area contributed by atoms with Crippen LogP contribution < -0.4 is 0 Å². The molecule has 1 aromatic heterocycles. The van der Waals surface area contributed by atoms with Crippen molar-refractivity contribution in [1.82, 2.24) is 9.88 Å². The van der Waals surface area contributed by atoms with Gasteiger partial charge in [-0.1, -0.05) is 54.1 Å². The fourth-order valence-electron chi connectivity index (χ4n) is 4.40. The van der Waals surface area contributed by atoms with Crippen molar-refractivity contribution in [2.75, 3.05) is 13.1 Å². The van der Waals surface area contributed by atoms with E-state index < -0.39 is 9.84 Å². The smallest absolute Gasteiger partial charge is 0.272 e. The number of piperidine rings is 1. The average molecular weight is 449 g/mol. The van der Waals surface area contributed by atoms with Crippen molar-refractivity contribution < 1.29 is 13.2 Å². The van der Waals surface area contributed by atoms with E-state index in [0.29, 0.717) is 35.3 Å². The molecule has 0 atom stereocenters. The fraction of sp³-hybridized carbons (Fsp3) is 0.308. The number of hydrogen-bond acceptors (Lipinski definition) is 4. The molecule has 4 rings (SSSR count). The van der Waals surface area contributed by atoms with E-state index in [1.165, 1.54) is 5.56 Å². The summed E-state index contributed by atoms with van der Waals surface area (Å²) in [5.41, 5.74) is 3.74. The first-order valence-corrected chi connectivity index (χ1v) is 12.6. The van der Waals surface area contributed by atoms with Crippen molar-refractivity contribution >= 4 is 15.7 Å². The summed E-state index contributed by atoms with van der Waals surface area (Å²) in [5.74, 6) is 0.0957. The third-order valence-electron chi connectivity index (χ3n) is 6.08. The highest BCUT2D eigenvalue weighted by Crippen LogP contribution is 2.28. The molecule has 0 radical (unpaired) electrons. The lowest BCUT2D eigenvalue weighted by Crippen LogP contribution is -2.38. The Morgan fingerprint density at radius 2 is 1.69 bits per heavy atom. The molecule has 1 fully saturated rings. The first kappa shape index (κ1) is 22.2. The summed E-state index contributed by atoms with van der Waals surface area (Å²) in [4.78, 5) is 19.6. The SMILES string of the molecule is Cc1ccc(S(=O)(=O)Cc2cccc(C(=O)N3CCC(c4ccccc4)CC3)n2)c(C)c1. The Hall–Kier alpha value is -2.99. The second kappa shape index (κ2) is 9.25. The van der Waals surface area contributed by atoms with Crippen LogP contribution in [-0.4, -0.2) is 37.3 Å². The van der Waals surface area contributed by atoms with E-state index in [-0.39, 0.29) is 11.7 Å². The fourth-order valence-corrected chi connectivity index (χ4v) is 5.93. The summed E-state index contributed by atoms with van der Waals surface area (Å²) in [5, 5.41) is 0. The minimum Gasteiger partial charge on any atom is -0.337 e. The van der Waals surface area contributed by atoms with Gasteiger partial charge in [0.1, 0.15) is 5.69 Å². The van der Waals surface area contributed by atoms with E-state index in [2.05, 4.69) is 29.2 Å². The molecule has 0 unspecified atom stereocenters. The third kappa shape index (κ3) is 4.91. The minimum absolute atomic E-state index is 0.137. The summed E-state index contributed by atoms with van der Waals surface area (Å²) in [7, 11) is -3.55. The van der Waals surface area contributed by atoms with Crippen LogP contribution >= 0.6 is 0 Å². The molecular formula is C26H28N2O3S. The number of sulfone groups is 1. The monoisotopic (exact) mass is 448 g/mol. The summed E-state index contributed by atoms with van der Waals surface area (Å²) in [6.45, 7) is 5.07. The van der Waals surface area contributed by atoms with Gasteiger partial charge in [0.15, 0.2) is 9.84 Å². The topological polar surface area (TPSA) is 67.3 Å². The number of nitrogens with zero attached hydrogens (tertiary/aromatic N) is 2. The number of carbonyl (C=O) groups is 1. The standard InChI is InChI=1S/C26H28N2O3S/c1-19-11-12-25(20(2)17-19)32(30,31)18-23-9-6-10-24(27-23)26(29)28-15-13-22(14-16-28)21-7-4-3-5-8-21/h3-12,17,22H,13-16,18H2,1-2H3. The van der Waals surface area contributed by atoms with Gasteiger partial charge in [-0.25, -0.2) is 13.4 Å². The van der Waals surface area contributed by atoms with Crippen LogP contribution in [0.3, 0.4) is 0 Å². The second-order valence-electron chi connectivity index (χ2n) is 8.52. The zero-order chi connectivity index (χ0) is 22.7. The lowest BCUT2D eigenvalue weighted by atomic mass is 9.89. The zero-order valence-corrected chi connectivity index (χ0v) is 19.3. The first-order chi connectivity index (χ1) is 15.3. The Bertz CT molecular complexity index is 1210. The molecule has 2 heterocycles. The highest BCUT2D eigenvalue weighted by molar-refractivity contribution is 7.90.